The molecular weight excluding hydrogens is 526 g/mol. The third-order valence-electron chi connectivity index (χ3n) is 14.7. The van der Waals surface area contributed by atoms with Crippen LogP contribution in [0, 0.1) is 56.2 Å². The lowest BCUT2D eigenvalue weighted by Gasteiger charge is -2.71. The maximum atomic E-state index is 14.6. The summed E-state index contributed by atoms with van der Waals surface area (Å²) in [6, 6.07) is 0. The van der Waals surface area contributed by atoms with Crippen molar-refractivity contribution in [2.75, 3.05) is 0 Å². The highest BCUT2D eigenvalue weighted by atomic mass is 16.7. The number of esters is 1. The Kier molecular flexibility index (Phi) is 6.80. The van der Waals surface area contributed by atoms with Crippen LogP contribution in [-0.4, -0.2) is 30.1 Å². The molecule has 10 atom stereocenters. The fraction of sp³-hybridized carbons (Fsp3) is 0.861. The minimum absolute atomic E-state index is 0.0512. The number of primary amides is 1. The van der Waals surface area contributed by atoms with Crippen LogP contribution < -0.4 is 5.73 Å². The number of allylic oxidation sites excluding steroid dienone is 2. The summed E-state index contributed by atoms with van der Waals surface area (Å²) in [6.45, 7) is 17.9. The van der Waals surface area contributed by atoms with Crippen molar-refractivity contribution in [1.82, 2.24) is 0 Å². The first-order valence-electron chi connectivity index (χ1n) is 16.8. The highest BCUT2D eigenvalue weighted by Crippen LogP contribution is 2.75. The van der Waals surface area contributed by atoms with Gasteiger partial charge >= 0.3 is 5.97 Å². The Morgan fingerprint density at radius 2 is 1.57 bits per heavy atom. The van der Waals surface area contributed by atoms with Crippen molar-refractivity contribution in [3.05, 3.63) is 11.6 Å². The van der Waals surface area contributed by atoms with Crippen molar-refractivity contribution in [1.29, 1.82) is 0 Å². The molecule has 0 aliphatic heterocycles. The molecule has 6 nitrogen and oxygen atoms in total. The van der Waals surface area contributed by atoms with Crippen molar-refractivity contribution < 1.29 is 23.9 Å². The van der Waals surface area contributed by atoms with Crippen LogP contribution in [0.3, 0.4) is 0 Å². The fourth-order valence-corrected chi connectivity index (χ4v) is 11.7. The van der Waals surface area contributed by atoms with Gasteiger partial charge in [-0.1, -0.05) is 54.0 Å². The Morgan fingerprint density at radius 1 is 0.905 bits per heavy atom. The fourth-order valence-electron chi connectivity index (χ4n) is 11.7. The van der Waals surface area contributed by atoms with E-state index in [1.165, 1.54) is 12.5 Å². The van der Waals surface area contributed by atoms with Crippen LogP contribution in [0.5, 0.6) is 0 Å². The molecule has 6 heteroatoms. The average Bonchev–Trinajstić information content (AvgIpc) is 3.69. The molecular formula is C36H55NO5. The van der Waals surface area contributed by atoms with Gasteiger partial charge in [-0.2, -0.15) is 0 Å². The molecule has 0 spiro atoms. The lowest BCUT2D eigenvalue weighted by molar-refractivity contribution is -0.242. The van der Waals surface area contributed by atoms with E-state index in [-0.39, 0.29) is 62.8 Å². The number of ether oxygens (including phenoxy) is 2. The molecule has 5 fully saturated rings. The molecule has 2 unspecified atom stereocenters. The third kappa shape index (κ3) is 4.15. The Morgan fingerprint density at radius 3 is 2.19 bits per heavy atom. The van der Waals surface area contributed by atoms with Crippen molar-refractivity contribution in [3.8, 4) is 0 Å². The van der Waals surface area contributed by atoms with E-state index in [1.54, 1.807) is 0 Å². The number of rotatable bonds is 5. The van der Waals surface area contributed by atoms with E-state index in [9.17, 15) is 14.4 Å². The Labute approximate surface area is 253 Å². The molecule has 6 aliphatic carbocycles. The van der Waals surface area contributed by atoms with Gasteiger partial charge in [0.05, 0.1) is 6.10 Å². The first kappa shape index (κ1) is 30.3. The van der Waals surface area contributed by atoms with Gasteiger partial charge in [0.1, 0.15) is 0 Å². The molecule has 2 N–H and O–H groups in total. The summed E-state index contributed by atoms with van der Waals surface area (Å²) in [5, 5.41) is 0. The molecule has 0 bridgehead atoms. The Balaban J connectivity index is 1.37. The van der Waals surface area contributed by atoms with Crippen molar-refractivity contribution in [3.63, 3.8) is 0 Å². The summed E-state index contributed by atoms with van der Waals surface area (Å²) in [4.78, 5) is 39.4. The minimum Gasteiger partial charge on any atom is -0.436 e. The van der Waals surface area contributed by atoms with Gasteiger partial charge in [-0.05, 0) is 116 Å². The van der Waals surface area contributed by atoms with Gasteiger partial charge in [-0.25, -0.2) is 0 Å². The highest BCUT2D eigenvalue weighted by molar-refractivity contribution is 5.95. The maximum absolute atomic E-state index is 14.6. The minimum atomic E-state index is -0.518. The zero-order valence-electron chi connectivity index (χ0n) is 27.4. The molecule has 0 heterocycles. The van der Waals surface area contributed by atoms with Gasteiger partial charge < -0.3 is 15.2 Å². The number of carbonyl (C=O) groups excluding carboxylic acids is 3. The van der Waals surface area contributed by atoms with Crippen LogP contribution in [0.1, 0.15) is 126 Å². The number of carbonyl (C=O) groups is 3. The van der Waals surface area contributed by atoms with Gasteiger partial charge in [0.15, 0.2) is 5.78 Å². The number of ketones is 1. The van der Waals surface area contributed by atoms with Gasteiger partial charge in [-0.3, -0.25) is 14.4 Å². The molecule has 0 aromatic heterocycles. The predicted molar refractivity (Wildman–Crippen MR) is 162 cm³/mol. The third-order valence-corrected chi connectivity index (χ3v) is 14.7. The first-order chi connectivity index (χ1) is 19.4. The SMILES string of the molecule is CC(=O)OC(OC1CC1)[C@H]1CC[C@@]2(C)C(CC[C@]3(C)[C@@H]2C(=O)C=C2[C@@H]4C[C@@](C)(C(N)=O)CC[C@]4(C)CC[C@]23C)C1(C)C. The maximum Gasteiger partial charge on any atom is 0.304 e. The molecule has 6 aliphatic rings. The summed E-state index contributed by atoms with van der Waals surface area (Å²) in [7, 11) is 0. The molecule has 234 valence electrons. The lowest BCUT2D eigenvalue weighted by atomic mass is 9.33. The van der Waals surface area contributed by atoms with Gasteiger partial charge in [0.2, 0.25) is 12.2 Å². The molecule has 0 aromatic rings. The first-order valence-corrected chi connectivity index (χ1v) is 16.8. The highest BCUT2D eigenvalue weighted by Gasteiger charge is 2.70. The zero-order chi connectivity index (χ0) is 30.7. The van der Waals surface area contributed by atoms with Crippen LogP contribution in [0.15, 0.2) is 11.6 Å². The van der Waals surface area contributed by atoms with E-state index >= 15 is 0 Å². The topological polar surface area (TPSA) is 95.7 Å². The normalized spacial score (nSPS) is 48.5. The number of hydrogen-bond donors (Lipinski definition) is 1. The van der Waals surface area contributed by atoms with Crippen LogP contribution >= 0.6 is 0 Å². The van der Waals surface area contributed by atoms with E-state index in [4.69, 9.17) is 15.2 Å². The standard InChI is InChI=1S/C36H55NO5/c1-21(38)41-29(42-22-9-10-22)23-11-13-34(6)27(31(23,2)3)12-14-36(8)28(34)26(39)19-24-25-20-33(5,30(37)40)16-15-32(25,4)17-18-35(24,36)7/h19,22-23,25,27-29H,9-18,20H2,1-8H3,(H2,37,40)/t23-,25+,27?,28-,29?,32-,33+,34+,35-,36-/m1/s1. The molecule has 1 amide bonds. The lowest BCUT2D eigenvalue weighted by Crippen LogP contribution is -2.66. The molecule has 42 heavy (non-hydrogen) atoms. The van der Waals surface area contributed by atoms with Crippen molar-refractivity contribution in [2.45, 2.75) is 138 Å². The number of fused-ring (bicyclic) bond motifs is 7. The van der Waals surface area contributed by atoms with Crippen LogP contribution in [0.2, 0.25) is 0 Å². The Hall–Kier alpha value is -1.69. The summed E-state index contributed by atoms with van der Waals surface area (Å²) in [6.07, 6.45) is 12.5. The zero-order valence-corrected chi connectivity index (χ0v) is 27.4. The largest absolute Gasteiger partial charge is 0.436 e. The predicted octanol–water partition coefficient (Wildman–Crippen LogP) is 7.14. The van der Waals surface area contributed by atoms with Gasteiger partial charge in [-0.15, -0.1) is 0 Å². The van der Waals surface area contributed by atoms with E-state index in [1.807, 2.05) is 6.92 Å². The summed E-state index contributed by atoms with van der Waals surface area (Å²) < 4.78 is 12.2. The van der Waals surface area contributed by atoms with Crippen molar-refractivity contribution >= 4 is 17.7 Å². The second kappa shape index (κ2) is 9.41. The quantitative estimate of drug-likeness (QED) is 0.275. The van der Waals surface area contributed by atoms with Gasteiger partial charge in [0.25, 0.3) is 0 Å². The van der Waals surface area contributed by atoms with E-state index < -0.39 is 11.7 Å². The molecule has 0 saturated heterocycles. The van der Waals surface area contributed by atoms with Crippen LogP contribution in [-0.2, 0) is 23.9 Å². The van der Waals surface area contributed by atoms with Gasteiger partial charge in [0, 0.05) is 24.2 Å². The molecule has 5 saturated carbocycles. The van der Waals surface area contributed by atoms with E-state index in [2.05, 4.69) is 47.6 Å². The number of nitrogens with two attached hydrogens (primary N) is 1. The molecule has 0 radical (unpaired) electrons. The summed E-state index contributed by atoms with van der Waals surface area (Å²) >= 11 is 0. The molecule has 6 rings (SSSR count). The number of hydrogen-bond acceptors (Lipinski definition) is 5. The van der Waals surface area contributed by atoms with E-state index in [0.717, 1.165) is 70.6 Å². The number of amides is 1. The van der Waals surface area contributed by atoms with Crippen LogP contribution in [0.4, 0.5) is 0 Å². The van der Waals surface area contributed by atoms with E-state index in [0.29, 0.717) is 11.7 Å². The second-order valence-corrected chi connectivity index (χ2v) is 17.4. The summed E-state index contributed by atoms with van der Waals surface area (Å²) in [5.41, 5.74) is 6.35. The average molecular weight is 582 g/mol. The molecule has 0 aromatic carbocycles. The van der Waals surface area contributed by atoms with Crippen molar-refractivity contribution in [2.24, 2.45) is 61.9 Å². The smallest absolute Gasteiger partial charge is 0.304 e. The second-order valence-electron chi connectivity index (χ2n) is 17.4. The Bertz CT molecular complexity index is 1220. The summed E-state index contributed by atoms with van der Waals surface area (Å²) in [5.74, 6) is 0.409. The van der Waals surface area contributed by atoms with Crippen LogP contribution in [0.25, 0.3) is 0 Å². The monoisotopic (exact) mass is 581 g/mol.